The lowest BCUT2D eigenvalue weighted by atomic mass is 9.79. The van der Waals surface area contributed by atoms with Crippen LogP contribution in [0.25, 0.3) is 0 Å². The number of hydrogen-bond acceptors (Lipinski definition) is 4. The zero-order valence-corrected chi connectivity index (χ0v) is 20.4. The molecule has 0 radical (unpaired) electrons. The standard InChI is InChI=1S/C26H42FN3O2/c1-5-6-12-24(30-26(32)23(16-28-4)20-10-8-7-9-11-20)19(3)29-17-25(31)22-14-13-21(27)15-18(22)2/h13-14,18,20,23-24,28H,5-12,15-17H2,1-4H3,(H,30,32)/b29-19+. The van der Waals surface area contributed by atoms with Crippen molar-refractivity contribution in [2.45, 2.75) is 84.6 Å². The molecule has 32 heavy (non-hydrogen) atoms. The summed E-state index contributed by atoms with van der Waals surface area (Å²) in [6, 6.07) is -0.159. The summed E-state index contributed by atoms with van der Waals surface area (Å²) in [6.07, 6.45) is 12.0. The molecule has 0 spiro atoms. The third-order valence-electron chi connectivity index (χ3n) is 6.92. The fourth-order valence-corrected chi connectivity index (χ4v) is 4.88. The summed E-state index contributed by atoms with van der Waals surface area (Å²) in [5.74, 6) is 0.0965. The number of nitrogens with zero attached hydrogens (tertiary/aromatic N) is 1. The van der Waals surface area contributed by atoms with Crippen molar-refractivity contribution in [3.8, 4) is 0 Å². The van der Waals surface area contributed by atoms with Gasteiger partial charge in [0.1, 0.15) is 12.4 Å². The smallest absolute Gasteiger partial charge is 0.225 e. The molecule has 0 saturated heterocycles. The van der Waals surface area contributed by atoms with Gasteiger partial charge in [0.25, 0.3) is 0 Å². The van der Waals surface area contributed by atoms with Gasteiger partial charge in [0.05, 0.1) is 12.0 Å². The van der Waals surface area contributed by atoms with E-state index in [0.717, 1.165) is 37.8 Å². The van der Waals surface area contributed by atoms with Crippen molar-refractivity contribution in [3.63, 3.8) is 0 Å². The first-order chi connectivity index (χ1) is 15.4. The van der Waals surface area contributed by atoms with E-state index in [2.05, 4.69) is 22.5 Å². The monoisotopic (exact) mass is 447 g/mol. The van der Waals surface area contributed by atoms with Gasteiger partial charge in [-0.1, -0.05) is 52.0 Å². The Morgan fingerprint density at radius 3 is 2.56 bits per heavy atom. The summed E-state index contributed by atoms with van der Waals surface area (Å²) >= 11 is 0. The molecule has 0 aromatic rings. The van der Waals surface area contributed by atoms with Crippen LogP contribution in [0.15, 0.2) is 28.5 Å². The highest BCUT2D eigenvalue weighted by Gasteiger charge is 2.30. The Labute approximate surface area is 193 Å². The van der Waals surface area contributed by atoms with Crippen molar-refractivity contribution in [2.24, 2.45) is 22.7 Å². The molecule has 2 aliphatic rings. The zero-order valence-electron chi connectivity index (χ0n) is 20.4. The Bertz CT molecular complexity index is 723. The number of allylic oxidation sites excluding steroid dienone is 3. The molecule has 1 fully saturated rings. The number of carbonyl (C=O) groups is 2. The van der Waals surface area contributed by atoms with Gasteiger partial charge in [0.2, 0.25) is 5.91 Å². The normalized spacial score (nSPS) is 22.0. The number of carbonyl (C=O) groups excluding carboxylic acids is 2. The third-order valence-corrected chi connectivity index (χ3v) is 6.92. The van der Waals surface area contributed by atoms with Crippen molar-refractivity contribution in [2.75, 3.05) is 20.1 Å². The second-order valence-corrected chi connectivity index (χ2v) is 9.49. The van der Waals surface area contributed by atoms with E-state index in [0.29, 0.717) is 18.0 Å². The molecule has 180 valence electrons. The van der Waals surface area contributed by atoms with Crippen LogP contribution in [-0.4, -0.2) is 43.6 Å². The Balaban J connectivity index is 2.06. The zero-order chi connectivity index (χ0) is 23.5. The Morgan fingerprint density at radius 2 is 1.94 bits per heavy atom. The molecular weight excluding hydrogens is 405 g/mol. The molecule has 1 amide bonds. The molecule has 0 aromatic heterocycles. The molecule has 2 rings (SSSR count). The van der Waals surface area contributed by atoms with Crippen LogP contribution in [0.3, 0.4) is 0 Å². The number of amides is 1. The van der Waals surface area contributed by atoms with Gasteiger partial charge >= 0.3 is 0 Å². The summed E-state index contributed by atoms with van der Waals surface area (Å²) in [5.41, 5.74) is 1.42. The van der Waals surface area contributed by atoms with Crippen molar-refractivity contribution in [3.05, 3.63) is 23.6 Å². The van der Waals surface area contributed by atoms with Crippen LogP contribution < -0.4 is 10.6 Å². The highest BCUT2D eigenvalue weighted by molar-refractivity contribution is 6.00. The van der Waals surface area contributed by atoms with Gasteiger partial charge < -0.3 is 10.6 Å². The van der Waals surface area contributed by atoms with E-state index >= 15 is 0 Å². The van der Waals surface area contributed by atoms with E-state index < -0.39 is 0 Å². The molecule has 2 N–H and O–H groups in total. The van der Waals surface area contributed by atoms with Gasteiger partial charge in [0, 0.05) is 24.3 Å². The van der Waals surface area contributed by atoms with E-state index in [-0.39, 0.29) is 48.4 Å². The lowest BCUT2D eigenvalue weighted by Gasteiger charge is -2.31. The summed E-state index contributed by atoms with van der Waals surface area (Å²) in [4.78, 5) is 30.5. The summed E-state index contributed by atoms with van der Waals surface area (Å²) in [6.45, 7) is 6.62. The lowest BCUT2D eigenvalue weighted by Crippen LogP contribution is -2.47. The average molecular weight is 448 g/mol. The van der Waals surface area contributed by atoms with Crippen LogP contribution in [0.2, 0.25) is 0 Å². The largest absolute Gasteiger partial charge is 0.348 e. The van der Waals surface area contributed by atoms with Gasteiger partial charge in [-0.3, -0.25) is 14.6 Å². The van der Waals surface area contributed by atoms with E-state index in [1.807, 2.05) is 20.9 Å². The van der Waals surface area contributed by atoms with Gasteiger partial charge in [0.15, 0.2) is 5.78 Å². The van der Waals surface area contributed by atoms with Gasteiger partial charge in [-0.2, -0.15) is 0 Å². The highest BCUT2D eigenvalue weighted by atomic mass is 19.1. The fraction of sp³-hybridized carbons (Fsp3) is 0.731. The van der Waals surface area contributed by atoms with Crippen molar-refractivity contribution >= 4 is 17.4 Å². The number of nitrogens with one attached hydrogen (secondary N) is 2. The Morgan fingerprint density at radius 1 is 1.22 bits per heavy atom. The SMILES string of the molecule is CCCCC(NC(=O)C(CNC)C1CCCCC1)/C(C)=N/CC(=O)C1=CC=C(F)CC1C. The van der Waals surface area contributed by atoms with E-state index in [4.69, 9.17) is 0 Å². The van der Waals surface area contributed by atoms with Crippen LogP contribution >= 0.6 is 0 Å². The minimum absolute atomic E-state index is 0.0335. The summed E-state index contributed by atoms with van der Waals surface area (Å²) in [5, 5.41) is 6.46. The third kappa shape index (κ3) is 7.95. The number of ketones is 1. The quantitative estimate of drug-likeness (QED) is 0.417. The minimum Gasteiger partial charge on any atom is -0.348 e. The molecule has 0 heterocycles. The molecule has 3 unspecified atom stereocenters. The average Bonchev–Trinajstić information content (AvgIpc) is 2.78. The summed E-state index contributed by atoms with van der Waals surface area (Å²) in [7, 11) is 1.90. The van der Waals surface area contributed by atoms with E-state index in [9.17, 15) is 14.0 Å². The molecule has 0 aliphatic heterocycles. The lowest BCUT2D eigenvalue weighted by molar-refractivity contribution is -0.127. The molecule has 1 saturated carbocycles. The number of aliphatic imine (C=N–C) groups is 1. The predicted molar refractivity (Wildman–Crippen MR) is 129 cm³/mol. The van der Waals surface area contributed by atoms with E-state index in [1.165, 1.54) is 25.3 Å². The maximum absolute atomic E-state index is 13.4. The first-order valence-corrected chi connectivity index (χ1v) is 12.4. The van der Waals surface area contributed by atoms with Gasteiger partial charge in [-0.25, -0.2) is 4.39 Å². The van der Waals surface area contributed by atoms with Crippen LogP contribution in [0.1, 0.15) is 78.6 Å². The summed E-state index contributed by atoms with van der Waals surface area (Å²) < 4.78 is 13.4. The Hall–Kier alpha value is -1.82. The number of hydrogen-bond donors (Lipinski definition) is 2. The van der Waals surface area contributed by atoms with Crippen LogP contribution in [-0.2, 0) is 9.59 Å². The van der Waals surface area contributed by atoms with E-state index in [1.54, 1.807) is 6.08 Å². The topological polar surface area (TPSA) is 70.6 Å². The van der Waals surface area contributed by atoms with Crippen molar-refractivity contribution < 1.29 is 14.0 Å². The molecule has 0 bridgehead atoms. The number of unbranched alkanes of at least 4 members (excludes halogenated alkanes) is 1. The van der Waals surface area contributed by atoms with Crippen LogP contribution in [0.5, 0.6) is 0 Å². The van der Waals surface area contributed by atoms with Crippen molar-refractivity contribution in [1.82, 2.24) is 10.6 Å². The molecule has 5 nitrogen and oxygen atoms in total. The molecular formula is C26H42FN3O2. The molecule has 3 atom stereocenters. The second-order valence-electron chi connectivity index (χ2n) is 9.49. The predicted octanol–water partition coefficient (Wildman–Crippen LogP) is 4.93. The van der Waals surface area contributed by atoms with Gasteiger partial charge in [-0.05, 0) is 51.1 Å². The number of rotatable bonds is 12. The maximum atomic E-state index is 13.4. The molecule has 6 heteroatoms. The highest BCUT2D eigenvalue weighted by Crippen LogP contribution is 2.30. The van der Waals surface area contributed by atoms with Crippen LogP contribution in [0, 0.1) is 17.8 Å². The molecule has 0 aromatic carbocycles. The van der Waals surface area contributed by atoms with Crippen molar-refractivity contribution in [1.29, 1.82) is 0 Å². The molecule has 2 aliphatic carbocycles. The fourth-order valence-electron chi connectivity index (χ4n) is 4.88. The second kappa shape index (κ2) is 13.7. The van der Waals surface area contributed by atoms with Gasteiger partial charge in [-0.15, -0.1) is 0 Å². The first kappa shape index (κ1) is 26.4. The van der Waals surface area contributed by atoms with Crippen LogP contribution in [0.4, 0.5) is 4.39 Å². The number of Topliss-reactive ketones (excluding diaryl/α,β-unsaturated/α-hetero) is 1. The minimum atomic E-state index is -0.190. The number of halogens is 1. The first-order valence-electron chi connectivity index (χ1n) is 12.4. The Kier molecular flexibility index (Phi) is 11.3. The maximum Gasteiger partial charge on any atom is 0.225 e.